The highest BCUT2D eigenvalue weighted by molar-refractivity contribution is 5.25. The van der Waals surface area contributed by atoms with E-state index in [1.165, 1.54) is 24.0 Å². The molecule has 0 heterocycles. The Morgan fingerprint density at radius 2 is 1.88 bits per heavy atom. The van der Waals surface area contributed by atoms with E-state index in [1.807, 2.05) is 0 Å². The molecule has 1 aliphatic rings. The van der Waals surface area contributed by atoms with Crippen molar-refractivity contribution < 1.29 is 5.48 Å². The van der Waals surface area contributed by atoms with Crippen LogP contribution in [0.3, 0.4) is 0 Å². The molecule has 1 aromatic rings. The highest BCUT2D eigenvalue weighted by atomic mass is 16.0. The first-order chi connectivity index (χ1) is 10.7. The normalized spacial score (nSPS) is 29.0. The first-order valence-electron chi connectivity index (χ1n) is 9.06. The summed E-state index contributed by atoms with van der Waals surface area (Å²) in [6.07, 6.45) is 10.2. The minimum absolute atomic E-state index is 0. The van der Waals surface area contributed by atoms with E-state index in [4.69, 9.17) is 6.42 Å². The molecule has 2 unspecified atom stereocenters. The topological polar surface area (TPSA) is 31.5 Å². The summed E-state index contributed by atoms with van der Waals surface area (Å²) in [7, 11) is 0. The van der Waals surface area contributed by atoms with Crippen molar-refractivity contribution in [1.82, 2.24) is 0 Å². The summed E-state index contributed by atoms with van der Waals surface area (Å²) in [5.74, 6) is 4.24. The second-order valence-corrected chi connectivity index (χ2v) is 7.96. The lowest BCUT2D eigenvalue weighted by molar-refractivity contribution is 0.0662. The van der Waals surface area contributed by atoms with Crippen molar-refractivity contribution in [1.29, 1.82) is 0 Å². The van der Waals surface area contributed by atoms with E-state index in [-0.39, 0.29) is 16.3 Å². The SMILES string of the molecule is C#CC1(C)CCC([CH2])(C(C)C)C[C@@H]1C.CCc1ccccc1C.O. The van der Waals surface area contributed by atoms with Crippen molar-refractivity contribution in [3.8, 4) is 12.3 Å². The number of benzene rings is 1. The minimum Gasteiger partial charge on any atom is -0.412 e. The van der Waals surface area contributed by atoms with Gasteiger partial charge in [0.1, 0.15) is 0 Å². The second-order valence-electron chi connectivity index (χ2n) is 7.96. The van der Waals surface area contributed by atoms with Crippen LogP contribution in [0, 0.1) is 48.9 Å². The van der Waals surface area contributed by atoms with Crippen LogP contribution in [0.5, 0.6) is 0 Å². The quantitative estimate of drug-likeness (QED) is 0.627. The van der Waals surface area contributed by atoms with Crippen LogP contribution in [0.15, 0.2) is 24.3 Å². The van der Waals surface area contributed by atoms with Crippen molar-refractivity contribution in [3.05, 3.63) is 42.3 Å². The van der Waals surface area contributed by atoms with Gasteiger partial charge in [-0.1, -0.05) is 57.9 Å². The molecule has 2 rings (SSSR count). The van der Waals surface area contributed by atoms with Gasteiger partial charge in [0, 0.05) is 5.41 Å². The molecule has 0 spiro atoms. The highest BCUT2D eigenvalue weighted by Crippen LogP contribution is 2.51. The Bertz CT molecular complexity index is 539. The summed E-state index contributed by atoms with van der Waals surface area (Å²) in [6, 6.07) is 8.49. The van der Waals surface area contributed by atoms with Gasteiger partial charge in [-0.25, -0.2) is 0 Å². The monoisotopic (exact) mass is 329 g/mol. The summed E-state index contributed by atoms with van der Waals surface area (Å²) in [6.45, 7) is 17.8. The Morgan fingerprint density at radius 1 is 1.29 bits per heavy atom. The van der Waals surface area contributed by atoms with Crippen LogP contribution in [-0.4, -0.2) is 5.48 Å². The third-order valence-corrected chi connectivity index (χ3v) is 6.14. The first kappa shape index (κ1) is 22.7. The largest absolute Gasteiger partial charge is 0.412 e. The molecule has 1 heteroatoms. The van der Waals surface area contributed by atoms with E-state index in [0.29, 0.717) is 11.8 Å². The fourth-order valence-electron chi connectivity index (χ4n) is 3.44. The van der Waals surface area contributed by atoms with Gasteiger partial charge < -0.3 is 5.48 Å². The molecule has 1 aromatic carbocycles. The van der Waals surface area contributed by atoms with Gasteiger partial charge in [-0.05, 0) is 74.8 Å². The molecule has 1 nitrogen and oxygen atoms in total. The average molecular weight is 330 g/mol. The molecular formula is C23H37O. The Balaban J connectivity index is 0.000000460. The van der Waals surface area contributed by atoms with E-state index >= 15 is 0 Å². The molecule has 1 radical (unpaired) electrons. The molecule has 0 saturated heterocycles. The number of hydrogen-bond donors (Lipinski definition) is 0. The fraction of sp³-hybridized carbons (Fsp3) is 0.609. The first-order valence-corrected chi connectivity index (χ1v) is 9.06. The van der Waals surface area contributed by atoms with Crippen LogP contribution in [0.25, 0.3) is 0 Å². The molecule has 0 bridgehead atoms. The molecule has 1 fully saturated rings. The van der Waals surface area contributed by atoms with Crippen molar-refractivity contribution in [3.63, 3.8) is 0 Å². The van der Waals surface area contributed by atoms with Crippen LogP contribution < -0.4 is 0 Å². The number of aryl methyl sites for hydroxylation is 2. The number of rotatable bonds is 2. The molecule has 1 saturated carbocycles. The molecule has 24 heavy (non-hydrogen) atoms. The van der Waals surface area contributed by atoms with Gasteiger partial charge in [-0.3, -0.25) is 0 Å². The lowest BCUT2D eigenvalue weighted by atomic mass is 9.57. The predicted molar refractivity (Wildman–Crippen MR) is 107 cm³/mol. The van der Waals surface area contributed by atoms with Crippen molar-refractivity contribution in [2.45, 2.75) is 67.2 Å². The standard InChI is InChI=1S/C14H23.C9H12.H2O/c1-7-13(5)8-9-14(6,11(2)3)10-12(13)4;1-3-9-7-5-4-6-8(9)2;/h1,11-12H,6,8-10H2,2-5H3;4-7H,3H2,1-2H3;1H2/t12-,13?,14?;;/m0../s1. The molecule has 1 aliphatic carbocycles. The van der Waals surface area contributed by atoms with Gasteiger partial charge in [-0.2, -0.15) is 0 Å². The molecule has 135 valence electrons. The van der Waals surface area contributed by atoms with E-state index in [0.717, 1.165) is 12.8 Å². The van der Waals surface area contributed by atoms with E-state index < -0.39 is 0 Å². The minimum atomic E-state index is 0. The summed E-state index contributed by atoms with van der Waals surface area (Å²) < 4.78 is 0. The van der Waals surface area contributed by atoms with Crippen molar-refractivity contribution in [2.24, 2.45) is 22.7 Å². The second kappa shape index (κ2) is 9.28. The highest BCUT2D eigenvalue weighted by Gasteiger charge is 2.42. The Morgan fingerprint density at radius 3 is 2.25 bits per heavy atom. The predicted octanol–water partition coefficient (Wildman–Crippen LogP) is 5.66. The van der Waals surface area contributed by atoms with E-state index in [9.17, 15) is 0 Å². The van der Waals surface area contributed by atoms with Gasteiger partial charge in [0.2, 0.25) is 0 Å². The van der Waals surface area contributed by atoms with Crippen LogP contribution in [-0.2, 0) is 6.42 Å². The third-order valence-electron chi connectivity index (χ3n) is 6.14. The summed E-state index contributed by atoms with van der Waals surface area (Å²) in [4.78, 5) is 0. The van der Waals surface area contributed by atoms with E-state index in [1.54, 1.807) is 0 Å². The van der Waals surface area contributed by atoms with Crippen LogP contribution >= 0.6 is 0 Å². The van der Waals surface area contributed by atoms with Crippen molar-refractivity contribution in [2.75, 3.05) is 0 Å². The molecule has 3 atom stereocenters. The average Bonchev–Trinajstić information content (AvgIpc) is 2.52. The molecule has 0 aromatic heterocycles. The number of hydrogen-bond acceptors (Lipinski definition) is 0. The molecular weight excluding hydrogens is 292 g/mol. The zero-order chi connectivity index (χ0) is 17.7. The lowest BCUT2D eigenvalue weighted by Crippen LogP contribution is -2.39. The van der Waals surface area contributed by atoms with Crippen molar-refractivity contribution >= 4 is 0 Å². The zero-order valence-corrected chi connectivity index (χ0v) is 16.6. The molecule has 2 N–H and O–H groups in total. The Kier molecular flexibility index (Phi) is 8.80. The van der Waals surface area contributed by atoms with Gasteiger partial charge in [0.25, 0.3) is 0 Å². The Labute approximate surface area is 150 Å². The van der Waals surface area contributed by atoms with Crippen LogP contribution in [0.1, 0.15) is 65.0 Å². The summed E-state index contributed by atoms with van der Waals surface area (Å²) in [5, 5.41) is 0. The Hall–Kier alpha value is -1.26. The maximum absolute atomic E-state index is 5.62. The van der Waals surface area contributed by atoms with Crippen LogP contribution in [0.4, 0.5) is 0 Å². The number of terminal acetylenes is 1. The van der Waals surface area contributed by atoms with Gasteiger partial charge in [-0.15, -0.1) is 6.42 Å². The van der Waals surface area contributed by atoms with Gasteiger partial charge >= 0.3 is 0 Å². The zero-order valence-electron chi connectivity index (χ0n) is 16.6. The maximum atomic E-state index is 5.62. The van der Waals surface area contributed by atoms with Gasteiger partial charge in [0.05, 0.1) is 0 Å². The molecule has 0 amide bonds. The smallest absolute Gasteiger partial charge is 0.0309 e. The fourth-order valence-corrected chi connectivity index (χ4v) is 3.44. The maximum Gasteiger partial charge on any atom is 0.0309 e. The van der Waals surface area contributed by atoms with Gasteiger partial charge in [0.15, 0.2) is 0 Å². The van der Waals surface area contributed by atoms with E-state index in [2.05, 4.69) is 78.7 Å². The third kappa shape index (κ3) is 5.38. The summed E-state index contributed by atoms with van der Waals surface area (Å²) >= 11 is 0. The molecule has 0 aliphatic heterocycles. The lowest BCUT2D eigenvalue weighted by Gasteiger charge is -2.47. The van der Waals surface area contributed by atoms with Crippen LogP contribution in [0.2, 0.25) is 0 Å². The summed E-state index contributed by atoms with van der Waals surface area (Å²) in [5.41, 5.74) is 3.23.